The Morgan fingerprint density at radius 2 is 2.18 bits per heavy atom. The van der Waals surface area contributed by atoms with Gasteiger partial charge in [-0.25, -0.2) is 19.2 Å². The third-order valence-electron chi connectivity index (χ3n) is 5.34. The van der Waals surface area contributed by atoms with Gasteiger partial charge in [-0.3, -0.25) is 13.8 Å². The van der Waals surface area contributed by atoms with Crippen molar-refractivity contribution < 1.29 is 33.4 Å². The number of hydrogen-bond donors (Lipinski definition) is 3. The van der Waals surface area contributed by atoms with E-state index in [1.807, 2.05) is 0 Å². The molecule has 0 amide bonds. The Balaban J connectivity index is 1.80. The van der Waals surface area contributed by atoms with Crippen molar-refractivity contribution in [1.82, 2.24) is 19.2 Å². The lowest BCUT2D eigenvalue weighted by molar-refractivity contribution is -0.109. The molecule has 1 unspecified atom stereocenters. The maximum Gasteiger partial charge on any atom is 0.407 e. The number of fused-ring (bicyclic) bond motifs is 1. The molecule has 34 heavy (non-hydrogen) atoms. The average Bonchev–Trinajstić information content (AvgIpc) is 3.25. The number of aliphatic hydroxyl groups is 2. The van der Waals surface area contributed by atoms with Gasteiger partial charge in [0.05, 0.1) is 24.2 Å². The fourth-order valence-corrected chi connectivity index (χ4v) is 5.32. The molecule has 5 atom stereocenters. The summed E-state index contributed by atoms with van der Waals surface area (Å²) in [7, 11) is -0.715. The van der Waals surface area contributed by atoms with Crippen LogP contribution >= 0.6 is 19.5 Å². The van der Waals surface area contributed by atoms with Crippen molar-refractivity contribution in [2.75, 3.05) is 38.8 Å². The van der Waals surface area contributed by atoms with E-state index in [-0.39, 0.29) is 24.1 Å². The molecule has 14 heteroatoms. The van der Waals surface area contributed by atoms with Crippen LogP contribution in [-0.2, 0) is 23.1 Å². The Morgan fingerprint density at radius 1 is 1.47 bits per heavy atom. The number of aliphatic hydroxyl groups excluding tert-OH is 1. The van der Waals surface area contributed by atoms with Crippen LogP contribution in [-0.4, -0.2) is 85.4 Å². The molecule has 0 radical (unpaired) electrons. The number of nitrogens with two attached hydrogens (primary N) is 1. The molecule has 3 heterocycles. The van der Waals surface area contributed by atoms with Gasteiger partial charge in [0.25, 0.3) is 0 Å². The molecular weight excluding hydrogens is 485 g/mol. The summed E-state index contributed by atoms with van der Waals surface area (Å²) < 4.78 is 32.8. The molecular formula is C20H28N5O7PS. The first-order valence-electron chi connectivity index (χ1n) is 10.3. The second kappa shape index (κ2) is 10.3. The summed E-state index contributed by atoms with van der Waals surface area (Å²) in [5, 5.41) is 22.2. The first-order valence-corrected chi connectivity index (χ1v) is 12.7. The Hall–Kier alpha value is -2.01. The summed E-state index contributed by atoms with van der Waals surface area (Å²) >= 11 is 1.04. The standard InChI is InChI=1S/C20H28N5O7PS/c1-6-13-9-25(18-15(13)17(21)22-11-23-18)19-20(3,28)16(27)14(32-19)10-31-33(29,24(4)5)30-7-8-34-12(2)26/h1,9,11,14,16,19,27-28H,7-8,10H2,2-5H3,(H2,21,22,23)/t14-,16-,19-,20-,33?/m1/s1. The number of ether oxygens (including phenoxy) is 1. The zero-order chi connectivity index (χ0) is 25.3. The number of hydrogen-bond acceptors (Lipinski definition) is 11. The maximum atomic E-state index is 13.1. The quantitative estimate of drug-likeness (QED) is 0.248. The highest BCUT2D eigenvalue weighted by Gasteiger charge is 2.54. The number of nitrogens with zero attached hydrogens (tertiary/aromatic N) is 4. The number of anilines is 1. The molecule has 0 aromatic carbocycles. The molecule has 1 aliphatic heterocycles. The number of nitrogen functional groups attached to an aromatic ring is 1. The van der Waals surface area contributed by atoms with E-state index < -0.39 is 31.8 Å². The third kappa shape index (κ3) is 5.15. The molecule has 0 spiro atoms. The zero-order valence-electron chi connectivity index (χ0n) is 19.2. The fourth-order valence-electron chi connectivity index (χ4n) is 3.55. The average molecular weight is 514 g/mol. The van der Waals surface area contributed by atoms with E-state index in [1.165, 1.54) is 49.7 Å². The van der Waals surface area contributed by atoms with Crippen LogP contribution in [0.25, 0.3) is 11.0 Å². The van der Waals surface area contributed by atoms with Crippen LogP contribution in [0.1, 0.15) is 25.6 Å². The summed E-state index contributed by atoms with van der Waals surface area (Å²) in [5.74, 6) is 2.98. The Kier molecular flexibility index (Phi) is 8.07. The first kappa shape index (κ1) is 26.6. The van der Waals surface area contributed by atoms with Crippen molar-refractivity contribution in [1.29, 1.82) is 0 Å². The predicted octanol–water partition coefficient (Wildman–Crippen LogP) is 0.987. The van der Waals surface area contributed by atoms with E-state index >= 15 is 0 Å². The minimum absolute atomic E-state index is 0.0134. The van der Waals surface area contributed by atoms with E-state index in [1.54, 1.807) is 0 Å². The predicted molar refractivity (Wildman–Crippen MR) is 127 cm³/mol. The van der Waals surface area contributed by atoms with Crippen molar-refractivity contribution in [2.24, 2.45) is 0 Å². The molecule has 0 bridgehead atoms. The molecule has 2 aromatic rings. The van der Waals surface area contributed by atoms with Crippen LogP contribution in [0.3, 0.4) is 0 Å². The van der Waals surface area contributed by atoms with Crippen LogP contribution in [0.4, 0.5) is 5.82 Å². The summed E-state index contributed by atoms with van der Waals surface area (Å²) in [4.78, 5) is 19.2. The Labute approximate surface area is 201 Å². The lowest BCUT2D eigenvalue weighted by Crippen LogP contribution is -2.44. The molecule has 0 saturated carbocycles. The van der Waals surface area contributed by atoms with Gasteiger partial charge in [-0.05, 0) is 21.0 Å². The smallest absolute Gasteiger partial charge is 0.387 e. The van der Waals surface area contributed by atoms with E-state index in [4.69, 9.17) is 25.9 Å². The van der Waals surface area contributed by atoms with E-state index in [9.17, 15) is 19.6 Å². The molecule has 186 valence electrons. The summed E-state index contributed by atoms with van der Waals surface area (Å²) in [6, 6.07) is 0. The molecule has 3 rings (SSSR count). The number of thioether (sulfide) groups is 1. The van der Waals surface area contributed by atoms with Gasteiger partial charge in [-0.2, -0.15) is 0 Å². The molecule has 1 aliphatic rings. The molecule has 2 aromatic heterocycles. The van der Waals surface area contributed by atoms with Gasteiger partial charge in [-0.1, -0.05) is 17.7 Å². The van der Waals surface area contributed by atoms with Crippen LogP contribution < -0.4 is 5.73 Å². The topological polar surface area (TPSA) is 162 Å². The van der Waals surface area contributed by atoms with E-state index in [2.05, 4.69) is 15.9 Å². The first-order chi connectivity index (χ1) is 15.9. The normalized spacial score (nSPS) is 26.6. The number of terminal acetylenes is 1. The molecule has 0 aliphatic carbocycles. The van der Waals surface area contributed by atoms with Crippen molar-refractivity contribution in [3.05, 3.63) is 18.1 Å². The third-order valence-corrected chi connectivity index (χ3v) is 8.08. The van der Waals surface area contributed by atoms with Crippen molar-refractivity contribution in [3.8, 4) is 12.3 Å². The highest BCUT2D eigenvalue weighted by molar-refractivity contribution is 8.13. The summed E-state index contributed by atoms with van der Waals surface area (Å²) in [5.41, 5.74) is 4.89. The minimum Gasteiger partial charge on any atom is -0.387 e. The Bertz CT molecular complexity index is 1150. The Morgan fingerprint density at radius 3 is 2.79 bits per heavy atom. The van der Waals surface area contributed by atoms with Gasteiger partial charge in [0.1, 0.15) is 35.6 Å². The SMILES string of the molecule is C#Cc1cn([C@@H]2O[C@H](COP(=O)(OCCSC(C)=O)N(C)C)[C@@H](O)[C@@]2(C)O)c2ncnc(N)c12. The van der Waals surface area contributed by atoms with Crippen LogP contribution in [0.2, 0.25) is 0 Å². The monoisotopic (exact) mass is 513 g/mol. The molecule has 12 nitrogen and oxygen atoms in total. The van der Waals surface area contributed by atoms with Gasteiger partial charge in [-0.15, -0.1) is 6.42 Å². The van der Waals surface area contributed by atoms with Gasteiger partial charge >= 0.3 is 7.75 Å². The largest absolute Gasteiger partial charge is 0.407 e. The van der Waals surface area contributed by atoms with Crippen molar-refractivity contribution in [3.63, 3.8) is 0 Å². The van der Waals surface area contributed by atoms with Crippen LogP contribution in [0.5, 0.6) is 0 Å². The highest BCUT2D eigenvalue weighted by Crippen LogP contribution is 2.51. The number of carbonyl (C=O) groups is 1. The van der Waals surface area contributed by atoms with E-state index in [0.29, 0.717) is 22.3 Å². The van der Waals surface area contributed by atoms with Crippen LogP contribution in [0, 0.1) is 12.3 Å². The number of aromatic nitrogens is 3. The van der Waals surface area contributed by atoms with Gasteiger partial charge in [0, 0.05) is 18.9 Å². The summed E-state index contributed by atoms with van der Waals surface area (Å²) in [6.07, 6.45) is 4.80. The van der Waals surface area contributed by atoms with Gasteiger partial charge in [0.15, 0.2) is 11.3 Å². The minimum atomic E-state index is -3.74. The van der Waals surface area contributed by atoms with Gasteiger partial charge in [0.2, 0.25) is 0 Å². The van der Waals surface area contributed by atoms with Crippen molar-refractivity contribution >= 4 is 41.5 Å². The molecule has 4 N–H and O–H groups in total. The number of rotatable bonds is 9. The van der Waals surface area contributed by atoms with Crippen LogP contribution in [0.15, 0.2) is 12.5 Å². The number of carbonyl (C=O) groups excluding carboxylic acids is 1. The second-order valence-corrected chi connectivity index (χ2v) is 11.6. The molecule has 1 saturated heterocycles. The van der Waals surface area contributed by atoms with Gasteiger partial charge < -0.3 is 25.3 Å². The molecule has 1 fully saturated rings. The zero-order valence-corrected chi connectivity index (χ0v) is 21.0. The second-order valence-electron chi connectivity index (χ2n) is 8.03. The lowest BCUT2D eigenvalue weighted by Gasteiger charge is -2.28. The summed E-state index contributed by atoms with van der Waals surface area (Å²) in [6.45, 7) is 2.49. The fraction of sp³-hybridized carbons (Fsp3) is 0.550. The maximum absolute atomic E-state index is 13.1. The van der Waals surface area contributed by atoms with Crippen molar-refractivity contribution in [2.45, 2.75) is 37.9 Å². The van der Waals surface area contributed by atoms with E-state index in [0.717, 1.165) is 11.8 Å². The highest BCUT2D eigenvalue weighted by atomic mass is 32.2. The lowest BCUT2D eigenvalue weighted by atomic mass is 9.96.